The van der Waals surface area contributed by atoms with Crippen molar-refractivity contribution in [3.63, 3.8) is 0 Å². The molecule has 0 aromatic carbocycles. The minimum atomic E-state index is -3.77. The smallest absolute Gasteiger partial charge is 0.321 e. The number of esters is 1. The van der Waals surface area contributed by atoms with Crippen LogP contribution in [0.5, 0.6) is 0 Å². The second-order valence-corrected chi connectivity index (χ2v) is 6.49. The van der Waals surface area contributed by atoms with Crippen LogP contribution in [0, 0.1) is 0 Å². The molecule has 0 radical (unpaired) electrons. The molecule has 0 saturated carbocycles. The number of thiophene rings is 1. The first-order chi connectivity index (χ1) is 9.85. The number of ether oxygens (including phenoxy) is 1. The molecule has 0 atom stereocenters. The van der Waals surface area contributed by atoms with Crippen LogP contribution < -0.4 is 15.4 Å². The summed E-state index contributed by atoms with van der Waals surface area (Å²) in [6, 6.07) is 2.20. The minimum absolute atomic E-state index is 0.0626. The van der Waals surface area contributed by atoms with Gasteiger partial charge in [-0.05, 0) is 11.4 Å². The van der Waals surface area contributed by atoms with Crippen LogP contribution in [0.25, 0.3) is 0 Å². The van der Waals surface area contributed by atoms with Gasteiger partial charge in [0.05, 0.1) is 0 Å². The summed E-state index contributed by atoms with van der Waals surface area (Å²) in [5.41, 5.74) is 0. The molecule has 21 heavy (non-hydrogen) atoms. The van der Waals surface area contributed by atoms with Gasteiger partial charge >= 0.3 is 12.0 Å². The Morgan fingerprint density at radius 2 is 2.05 bits per heavy atom. The molecule has 1 rings (SSSR count). The Kier molecular flexibility index (Phi) is 6.27. The van der Waals surface area contributed by atoms with Gasteiger partial charge in [0.25, 0.3) is 15.9 Å². The Labute approximate surface area is 124 Å². The molecule has 0 saturated heterocycles. The van der Waals surface area contributed by atoms with Gasteiger partial charge in [-0.15, -0.1) is 11.3 Å². The SMILES string of the molecule is CNC(=O)NC(=O)COC(=O)CNS(=O)(=O)c1cccs1. The first-order valence-electron chi connectivity index (χ1n) is 5.55. The zero-order valence-electron chi connectivity index (χ0n) is 10.9. The first-order valence-corrected chi connectivity index (χ1v) is 7.92. The third kappa shape index (κ3) is 5.89. The van der Waals surface area contributed by atoms with Crippen LogP contribution in [-0.2, 0) is 24.3 Å². The number of carbonyl (C=O) groups is 3. The van der Waals surface area contributed by atoms with Crippen molar-refractivity contribution in [1.29, 1.82) is 0 Å². The third-order valence-corrected chi connectivity index (χ3v) is 4.81. The van der Waals surface area contributed by atoms with E-state index >= 15 is 0 Å². The molecule has 0 unspecified atom stereocenters. The van der Waals surface area contributed by atoms with Crippen LogP contribution in [0.2, 0.25) is 0 Å². The van der Waals surface area contributed by atoms with Crippen LogP contribution in [0.3, 0.4) is 0 Å². The summed E-state index contributed by atoms with van der Waals surface area (Å²) >= 11 is 0.998. The van der Waals surface area contributed by atoms with Crippen molar-refractivity contribution in [1.82, 2.24) is 15.4 Å². The molecule has 0 spiro atoms. The molecule has 116 valence electrons. The highest BCUT2D eigenvalue weighted by atomic mass is 32.2. The van der Waals surface area contributed by atoms with E-state index < -0.39 is 41.1 Å². The molecule has 0 fully saturated rings. The van der Waals surface area contributed by atoms with Crippen LogP contribution in [0.15, 0.2) is 21.7 Å². The van der Waals surface area contributed by atoms with E-state index in [-0.39, 0.29) is 4.21 Å². The lowest BCUT2D eigenvalue weighted by Gasteiger charge is -2.06. The second-order valence-electron chi connectivity index (χ2n) is 3.54. The number of rotatable bonds is 6. The van der Waals surface area contributed by atoms with Gasteiger partial charge in [0.1, 0.15) is 10.8 Å². The van der Waals surface area contributed by atoms with Gasteiger partial charge in [-0.25, -0.2) is 13.2 Å². The van der Waals surface area contributed by atoms with Gasteiger partial charge in [-0.3, -0.25) is 14.9 Å². The van der Waals surface area contributed by atoms with Gasteiger partial charge < -0.3 is 10.1 Å². The maximum Gasteiger partial charge on any atom is 0.321 e. The summed E-state index contributed by atoms with van der Waals surface area (Å²) < 4.78 is 30.0. The summed E-state index contributed by atoms with van der Waals surface area (Å²) in [7, 11) is -2.46. The number of hydrogen-bond acceptors (Lipinski definition) is 7. The van der Waals surface area contributed by atoms with Gasteiger partial charge in [0.15, 0.2) is 6.61 Å². The highest BCUT2D eigenvalue weighted by Gasteiger charge is 2.17. The monoisotopic (exact) mass is 335 g/mol. The topological polar surface area (TPSA) is 131 Å². The highest BCUT2D eigenvalue weighted by Crippen LogP contribution is 2.14. The number of nitrogens with one attached hydrogen (secondary N) is 3. The van der Waals surface area contributed by atoms with E-state index in [1.54, 1.807) is 11.4 Å². The van der Waals surface area contributed by atoms with Crippen LogP contribution >= 0.6 is 11.3 Å². The van der Waals surface area contributed by atoms with Crippen LogP contribution in [0.4, 0.5) is 4.79 Å². The van der Waals surface area contributed by atoms with Crippen molar-refractivity contribution in [2.45, 2.75) is 4.21 Å². The number of sulfonamides is 1. The standard InChI is InChI=1S/C10H13N3O6S2/c1-11-10(16)13-7(14)6-19-8(15)5-12-21(17,18)9-3-2-4-20-9/h2-4,12H,5-6H2,1H3,(H2,11,13,14,16). The Balaban J connectivity index is 2.35. The lowest BCUT2D eigenvalue weighted by molar-refractivity contribution is -0.147. The van der Waals surface area contributed by atoms with Crippen LogP contribution in [-0.4, -0.2) is 46.5 Å². The molecule has 9 nitrogen and oxygen atoms in total. The van der Waals surface area contributed by atoms with E-state index in [1.165, 1.54) is 13.1 Å². The summed E-state index contributed by atoms with van der Waals surface area (Å²) in [6.45, 7) is -1.31. The number of urea groups is 1. The summed E-state index contributed by atoms with van der Waals surface area (Å²) in [4.78, 5) is 33.2. The molecule has 1 aromatic heterocycles. The van der Waals surface area contributed by atoms with Crippen LogP contribution in [0.1, 0.15) is 0 Å². The lowest BCUT2D eigenvalue weighted by atomic mass is 10.6. The van der Waals surface area contributed by atoms with Crippen molar-refractivity contribution in [3.8, 4) is 0 Å². The van der Waals surface area contributed by atoms with E-state index in [4.69, 9.17) is 0 Å². The lowest BCUT2D eigenvalue weighted by Crippen LogP contribution is -2.40. The predicted octanol–water partition coefficient (Wildman–Crippen LogP) is -0.975. The fraction of sp³-hybridized carbons (Fsp3) is 0.300. The number of imide groups is 1. The van der Waals surface area contributed by atoms with Crippen molar-refractivity contribution >= 4 is 39.3 Å². The largest absolute Gasteiger partial charge is 0.455 e. The van der Waals surface area contributed by atoms with Gasteiger partial charge in [0, 0.05) is 7.05 Å². The number of amides is 3. The Morgan fingerprint density at radius 3 is 2.62 bits per heavy atom. The number of carbonyl (C=O) groups excluding carboxylic acids is 3. The average Bonchev–Trinajstić information content (AvgIpc) is 2.97. The predicted molar refractivity (Wildman–Crippen MR) is 73.1 cm³/mol. The zero-order valence-corrected chi connectivity index (χ0v) is 12.5. The van der Waals surface area contributed by atoms with Gasteiger partial charge in [-0.2, -0.15) is 4.72 Å². The summed E-state index contributed by atoms with van der Waals surface area (Å²) in [5.74, 6) is -1.77. The molecule has 0 aliphatic rings. The van der Waals surface area contributed by atoms with Crippen molar-refractivity contribution in [3.05, 3.63) is 17.5 Å². The minimum Gasteiger partial charge on any atom is -0.455 e. The molecular formula is C10H13N3O6S2. The Hall–Kier alpha value is -1.98. The Bertz CT molecular complexity index is 611. The molecule has 0 bridgehead atoms. The maximum atomic E-state index is 11.7. The molecule has 3 amide bonds. The fourth-order valence-corrected chi connectivity index (χ4v) is 3.07. The molecule has 0 aliphatic carbocycles. The molecule has 1 aromatic rings. The van der Waals surface area contributed by atoms with E-state index in [0.717, 1.165) is 11.3 Å². The van der Waals surface area contributed by atoms with Crippen molar-refractivity contribution < 1.29 is 27.5 Å². The molecule has 3 N–H and O–H groups in total. The first kappa shape index (κ1) is 17.1. The number of hydrogen-bond donors (Lipinski definition) is 3. The quantitative estimate of drug-likeness (QED) is 0.573. The highest BCUT2D eigenvalue weighted by molar-refractivity contribution is 7.91. The van der Waals surface area contributed by atoms with Gasteiger partial charge in [-0.1, -0.05) is 6.07 Å². The molecular weight excluding hydrogens is 322 g/mol. The Morgan fingerprint density at radius 1 is 1.33 bits per heavy atom. The fourth-order valence-electron chi connectivity index (χ4n) is 1.06. The van der Waals surface area contributed by atoms with Gasteiger partial charge in [0.2, 0.25) is 0 Å². The maximum absolute atomic E-state index is 11.7. The summed E-state index contributed by atoms with van der Waals surface area (Å²) in [5, 5.41) is 5.60. The molecule has 1 heterocycles. The van der Waals surface area contributed by atoms with Crippen molar-refractivity contribution in [2.24, 2.45) is 0 Å². The average molecular weight is 335 g/mol. The van der Waals surface area contributed by atoms with E-state index in [2.05, 4.69) is 10.1 Å². The third-order valence-electron chi connectivity index (χ3n) is 2.01. The summed E-state index contributed by atoms with van der Waals surface area (Å²) in [6.07, 6.45) is 0. The second kappa shape index (κ2) is 7.71. The van der Waals surface area contributed by atoms with E-state index in [9.17, 15) is 22.8 Å². The van der Waals surface area contributed by atoms with Crippen molar-refractivity contribution in [2.75, 3.05) is 20.2 Å². The normalized spacial score (nSPS) is 10.7. The van der Waals surface area contributed by atoms with E-state index in [0.29, 0.717) is 0 Å². The molecule has 11 heteroatoms. The van der Waals surface area contributed by atoms with E-state index in [1.807, 2.05) is 10.0 Å². The zero-order chi connectivity index (χ0) is 15.9. The molecule has 0 aliphatic heterocycles.